The number of likely N-dealkylation sites (N-methyl/N-ethyl adjacent to an activating group) is 1. The van der Waals surface area contributed by atoms with Crippen molar-refractivity contribution >= 4 is 17.3 Å². The second-order valence-electron chi connectivity index (χ2n) is 4.91. The summed E-state index contributed by atoms with van der Waals surface area (Å²) >= 11 is 0. The number of halogens is 1. The van der Waals surface area contributed by atoms with E-state index in [1.807, 2.05) is 7.05 Å². The van der Waals surface area contributed by atoms with Gasteiger partial charge in [0.2, 0.25) is 0 Å². The number of rotatable bonds is 6. The topological polar surface area (TPSA) is 67.6 Å². The summed E-state index contributed by atoms with van der Waals surface area (Å²) in [5.41, 5.74) is 6.08. The molecule has 0 bridgehead atoms. The molecule has 0 spiro atoms. The molecule has 6 heteroatoms. The van der Waals surface area contributed by atoms with Gasteiger partial charge in [0.1, 0.15) is 5.82 Å². The summed E-state index contributed by atoms with van der Waals surface area (Å²) in [6.07, 6.45) is 0. The van der Waals surface area contributed by atoms with E-state index in [2.05, 4.69) is 28.8 Å². The Balaban J connectivity index is 2.77. The first-order valence-corrected chi connectivity index (χ1v) is 6.48. The second kappa shape index (κ2) is 7.09. The quantitative estimate of drug-likeness (QED) is 0.617. The normalized spacial score (nSPS) is 10.9. The van der Waals surface area contributed by atoms with Gasteiger partial charge < -0.3 is 20.7 Å². The minimum Gasteiger partial charge on any atom is -0.465 e. The van der Waals surface area contributed by atoms with Gasteiger partial charge in [-0.2, -0.15) is 0 Å². The molecule has 20 heavy (non-hydrogen) atoms. The van der Waals surface area contributed by atoms with E-state index in [-0.39, 0.29) is 16.9 Å². The van der Waals surface area contributed by atoms with Gasteiger partial charge in [-0.05, 0) is 33.0 Å². The van der Waals surface area contributed by atoms with Crippen molar-refractivity contribution in [2.24, 2.45) is 0 Å². The summed E-state index contributed by atoms with van der Waals surface area (Å²) in [5.74, 6) is -1.06. The largest absolute Gasteiger partial charge is 0.465 e. The fourth-order valence-corrected chi connectivity index (χ4v) is 1.64. The summed E-state index contributed by atoms with van der Waals surface area (Å²) in [6, 6.07) is 2.92. The fourth-order valence-electron chi connectivity index (χ4n) is 1.64. The summed E-state index contributed by atoms with van der Waals surface area (Å²) < 4.78 is 18.4. The van der Waals surface area contributed by atoms with Gasteiger partial charge in [-0.1, -0.05) is 0 Å². The van der Waals surface area contributed by atoms with Gasteiger partial charge in [0.25, 0.3) is 0 Å². The van der Waals surface area contributed by atoms with Crippen molar-refractivity contribution in [3.63, 3.8) is 0 Å². The van der Waals surface area contributed by atoms with Gasteiger partial charge in [-0.15, -0.1) is 0 Å². The van der Waals surface area contributed by atoms with Crippen molar-refractivity contribution in [3.05, 3.63) is 23.5 Å². The number of nitrogens with two attached hydrogens (primary N) is 1. The van der Waals surface area contributed by atoms with Crippen molar-refractivity contribution in [2.45, 2.75) is 19.9 Å². The lowest BCUT2D eigenvalue weighted by molar-refractivity contribution is 0.0602. The average Bonchev–Trinajstić information content (AvgIpc) is 2.39. The SMILES string of the molecule is COC(=O)c1cc(NCCN(C)C(C)C)c(F)cc1N. The van der Waals surface area contributed by atoms with Gasteiger partial charge >= 0.3 is 5.97 Å². The maximum Gasteiger partial charge on any atom is 0.340 e. The molecule has 0 fully saturated rings. The molecule has 3 N–H and O–H groups in total. The number of carbonyl (C=O) groups is 1. The molecule has 1 aromatic carbocycles. The van der Waals surface area contributed by atoms with Gasteiger partial charge in [-0.25, -0.2) is 9.18 Å². The first-order valence-electron chi connectivity index (χ1n) is 6.48. The number of anilines is 2. The molecule has 1 rings (SSSR count). The van der Waals surface area contributed by atoms with Crippen LogP contribution in [0.2, 0.25) is 0 Å². The zero-order chi connectivity index (χ0) is 15.3. The van der Waals surface area contributed by atoms with Crippen LogP contribution in [0, 0.1) is 5.82 Å². The molecular weight excluding hydrogens is 261 g/mol. The molecule has 112 valence electrons. The highest BCUT2D eigenvalue weighted by atomic mass is 19.1. The number of methoxy groups -OCH3 is 1. The van der Waals surface area contributed by atoms with Gasteiger partial charge in [0.15, 0.2) is 0 Å². The molecule has 0 aromatic heterocycles. The third kappa shape index (κ3) is 4.09. The number of esters is 1. The first-order chi connectivity index (χ1) is 9.36. The van der Waals surface area contributed by atoms with E-state index in [9.17, 15) is 9.18 Å². The van der Waals surface area contributed by atoms with Gasteiger partial charge in [-0.3, -0.25) is 0 Å². The van der Waals surface area contributed by atoms with Crippen LogP contribution in [-0.2, 0) is 4.74 Å². The Morgan fingerprint density at radius 2 is 2.15 bits per heavy atom. The smallest absolute Gasteiger partial charge is 0.340 e. The summed E-state index contributed by atoms with van der Waals surface area (Å²) in [5, 5.41) is 2.97. The number of carbonyl (C=O) groups excluding carboxylic acids is 1. The number of nitrogens with one attached hydrogen (secondary N) is 1. The van der Waals surface area contributed by atoms with Crippen LogP contribution >= 0.6 is 0 Å². The van der Waals surface area contributed by atoms with Crippen molar-refractivity contribution < 1.29 is 13.9 Å². The molecule has 0 saturated carbocycles. The van der Waals surface area contributed by atoms with E-state index < -0.39 is 11.8 Å². The summed E-state index contributed by atoms with van der Waals surface area (Å²) in [7, 11) is 3.25. The lowest BCUT2D eigenvalue weighted by Gasteiger charge is -2.21. The molecule has 0 unspecified atom stereocenters. The molecule has 0 heterocycles. The first kappa shape index (κ1) is 16.2. The van der Waals surface area contributed by atoms with Crippen LogP contribution < -0.4 is 11.1 Å². The molecule has 0 saturated heterocycles. The average molecular weight is 283 g/mol. The van der Waals surface area contributed by atoms with Crippen molar-refractivity contribution in [1.29, 1.82) is 0 Å². The van der Waals surface area contributed by atoms with E-state index in [4.69, 9.17) is 5.73 Å². The number of benzene rings is 1. The zero-order valence-corrected chi connectivity index (χ0v) is 12.4. The Bertz CT molecular complexity index is 478. The number of hydrogen-bond donors (Lipinski definition) is 2. The Morgan fingerprint density at radius 3 is 2.70 bits per heavy atom. The van der Waals surface area contributed by atoms with E-state index in [0.29, 0.717) is 12.6 Å². The van der Waals surface area contributed by atoms with Crippen LogP contribution in [0.4, 0.5) is 15.8 Å². The van der Waals surface area contributed by atoms with Crippen LogP contribution in [-0.4, -0.2) is 44.2 Å². The molecule has 1 aromatic rings. The van der Waals surface area contributed by atoms with Crippen LogP contribution in [0.3, 0.4) is 0 Å². The molecule has 0 aliphatic heterocycles. The number of hydrogen-bond acceptors (Lipinski definition) is 5. The second-order valence-corrected chi connectivity index (χ2v) is 4.91. The maximum atomic E-state index is 13.8. The standard InChI is InChI=1S/C14H22FN3O2/c1-9(2)18(3)6-5-17-13-7-10(14(19)20-4)12(16)8-11(13)15/h7-9,17H,5-6,16H2,1-4H3. The summed E-state index contributed by atoms with van der Waals surface area (Å²) in [6.45, 7) is 5.49. The van der Waals surface area contributed by atoms with Crippen LogP contribution in [0.25, 0.3) is 0 Å². The third-order valence-corrected chi connectivity index (χ3v) is 3.21. The molecule has 0 aliphatic rings. The van der Waals surface area contributed by atoms with E-state index >= 15 is 0 Å². The zero-order valence-electron chi connectivity index (χ0n) is 12.4. The Morgan fingerprint density at radius 1 is 1.50 bits per heavy atom. The Kier molecular flexibility index (Phi) is 5.76. The van der Waals surface area contributed by atoms with Gasteiger partial charge in [0, 0.05) is 24.8 Å². The Labute approximate surface area is 118 Å². The van der Waals surface area contributed by atoms with Crippen LogP contribution in [0.5, 0.6) is 0 Å². The third-order valence-electron chi connectivity index (χ3n) is 3.21. The molecule has 0 radical (unpaired) electrons. The number of nitrogen functional groups attached to an aromatic ring is 1. The predicted molar refractivity (Wildman–Crippen MR) is 78.4 cm³/mol. The molecule has 0 aliphatic carbocycles. The van der Waals surface area contributed by atoms with Crippen molar-refractivity contribution in [2.75, 3.05) is 38.3 Å². The number of nitrogens with zero attached hydrogens (tertiary/aromatic N) is 1. The lowest BCUT2D eigenvalue weighted by atomic mass is 10.1. The van der Waals surface area contributed by atoms with Crippen LogP contribution in [0.1, 0.15) is 24.2 Å². The summed E-state index contributed by atoms with van der Waals surface area (Å²) in [4.78, 5) is 13.6. The molecular formula is C14H22FN3O2. The van der Waals surface area contributed by atoms with Crippen molar-refractivity contribution in [1.82, 2.24) is 4.90 Å². The van der Waals surface area contributed by atoms with Gasteiger partial charge in [0.05, 0.1) is 18.4 Å². The molecule has 0 amide bonds. The minimum absolute atomic E-state index is 0.0687. The van der Waals surface area contributed by atoms with Crippen molar-refractivity contribution in [3.8, 4) is 0 Å². The highest BCUT2D eigenvalue weighted by molar-refractivity contribution is 5.96. The fraction of sp³-hybridized carbons (Fsp3) is 0.500. The predicted octanol–water partition coefficient (Wildman–Crippen LogP) is 1.95. The van der Waals surface area contributed by atoms with E-state index in [1.165, 1.54) is 13.2 Å². The lowest BCUT2D eigenvalue weighted by Crippen LogP contribution is -2.31. The molecule has 5 nitrogen and oxygen atoms in total. The highest BCUT2D eigenvalue weighted by Crippen LogP contribution is 2.22. The monoisotopic (exact) mass is 283 g/mol. The highest BCUT2D eigenvalue weighted by Gasteiger charge is 2.14. The maximum absolute atomic E-state index is 13.8. The molecule has 0 atom stereocenters. The van der Waals surface area contributed by atoms with Crippen LogP contribution in [0.15, 0.2) is 12.1 Å². The Hall–Kier alpha value is -1.82. The van der Waals surface area contributed by atoms with E-state index in [0.717, 1.165) is 12.6 Å². The minimum atomic E-state index is -0.579. The van der Waals surface area contributed by atoms with E-state index in [1.54, 1.807) is 0 Å². The number of ether oxygens (including phenoxy) is 1.